The van der Waals surface area contributed by atoms with Gasteiger partial charge in [-0.2, -0.15) is 12.6 Å². The van der Waals surface area contributed by atoms with E-state index in [0.717, 1.165) is 4.90 Å². The van der Waals surface area contributed by atoms with Crippen molar-refractivity contribution in [3.63, 3.8) is 0 Å². The van der Waals surface area contributed by atoms with Gasteiger partial charge >= 0.3 is 12.1 Å². The molecule has 0 rings (SSSR count). The monoisotopic (exact) mass is 292 g/mol. The molecular formula is C11H20N2O5S. The second-order valence-electron chi connectivity index (χ2n) is 4.88. The number of carboxylic acids is 1. The van der Waals surface area contributed by atoms with Crippen molar-refractivity contribution in [2.24, 2.45) is 0 Å². The van der Waals surface area contributed by atoms with Gasteiger partial charge in [-0.25, -0.2) is 9.59 Å². The predicted molar refractivity (Wildman–Crippen MR) is 72.0 cm³/mol. The minimum absolute atomic E-state index is 0.0891. The third kappa shape index (κ3) is 6.90. The molecule has 0 aliphatic carbocycles. The number of amides is 2. The summed E-state index contributed by atoms with van der Waals surface area (Å²) < 4.78 is 5.10. The third-order valence-corrected chi connectivity index (χ3v) is 2.31. The molecule has 0 unspecified atom stereocenters. The van der Waals surface area contributed by atoms with E-state index in [9.17, 15) is 14.4 Å². The van der Waals surface area contributed by atoms with Gasteiger partial charge in [-0.15, -0.1) is 0 Å². The number of nitrogens with zero attached hydrogens (tertiary/aromatic N) is 1. The number of nitrogens with one attached hydrogen (secondary N) is 1. The molecule has 2 N–H and O–H groups in total. The maximum absolute atomic E-state index is 11.9. The van der Waals surface area contributed by atoms with Crippen molar-refractivity contribution in [1.29, 1.82) is 0 Å². The molecule has 0 heterocycles. The molecule has 1 atom stereocenters. The summed E-state index contributed by atoms with van der Waals surface area (Å²) in [5.41, 5.74) is -0.759. The lowest BCUT2D eigenvalue weighted by Crippen LogP contribution is -2.52. The van der Waals surface area contributed by atoms with Gasteiger partial charge in [0, 0.05) is 12.7 Å². The van der Waals surface area contributed by atoms with E-state index in [1.54, 1.807) is 20.8 Å². The number of carboxylic acid groups (broad SMARTS) is 1. The lowest BCUT2D eigenvalue weighted by molar-refractivity contribution is -0.142. The maximum atomic E-state index is 11.9. The lowest BCUT2D eigenvalue weighted by Gasteiger charge is -2.30. The standard InChI is InChI=1S/C11H20N2O5S/c1-7(14)12-6-13(8(5-19)9(15)16)10(17)18-11(2,3)4/h8,19H,5-6H2,1-4H3,(H,12,14)(H,15,16)/t8-/m1/s1. The van der Waals surface area contributed by atoms with E-state index >= 15 is 0 Å². The van der Waals surface area contributed by atoms with Gasteiger partial charge in [-0.05, 0) is 20.8 Å². The molecule has 7 nitrogen and oxygen atoms in total. The predicted octanol–water partition coefficient (Wildman–Crippen LogP) is 0.700. The van der Waals surface area contributed by atoms with Gasteiger partial charge < -0.3 is 15.2 Å². The second kappa shape index (κ2) is 7.22. The minimum Gasteiger partial charge on any atom is -0.480 e. The molecule has 2 amide bonds. The molecule has 0 bridgehead atoms. The number of hydrogen-bond acceptors (Lipinski definition) is 5. The van der Waals surface area contributed by atoms with Crippen molar-refractivity contribution in [2.75, 3.05) is 12.4 Å². The van der Waals surface area contributed by atoms with Crippen LogP contribution in [0.25, 0.3) is 0 Å². The zero-order chi connectivity index (χ0) is 15.2. The molecular weight excluding hydrogens is 272 g/mol. The Morgan fingerprint density at radius 3 is 2.21 bits per heavy atom. The zero-order valence-corrected chi connectivity index (χ0v) is 12.4. The summed E-state index contributed by atoms with van der Waals surface area (Å²) in [5, 5.41) is 11.4. The number of rotatable bonds is 5. The summed E-state index contributed by atoms with van der Waals surface area (Å²) in [6.45, 7) is 6.01. The molecule has 0 aliphatic rings. The van der Waals surface area contributed by atoms with E-state index in [4.69, 9.17) is 9.84 Å². The summed E-state index contributed by atoms with van der Waals surface area (Å²) in [6, 6.07) is -1.18. The second-order valence-corrected chi connectivity index (χ2v) is 5.24. The molecule has 0 aliphatic heterocycles. The van der Waals surface area contributed by atoms with Crippen LogP contribution < -0.4 is 5.32 Å². The summed E-state index contributed by atoms with van der Waals surface area (Å²) in [6.07, 6.45) is -0.817. The maximum Gasteiger partial charge on any atom is 0.412 e. The fraction of sp³-hybridized carbons (Fsp3) is 0.727. The smallest absolute Gasteiger partial charge is 0.412 e. The largest absolute Gasteiger partial charge is 0.480 e. The highest BCUT2D eigenvalue weighted by Crippen LogP contribution is 2.12. The van der Waals surface area contributed by atoms with E-state index in [0.29, 0.717) is 0 Å². The van der Waals surface area contributed by atoms with Crippen LogP contribution in [0.3, 0.4) is 0 Å². The molecule has 0 fully saturated rings. The van der Waals surface area contributed by atoms with Crippen LogP contribution in [0.15, 0.2) is 0 Å². The number of carbonyl (C=O) groups excluding carboxylic acids is 2. The molecule has 0 saturated heterocycles. The Labute approximate surface area is 117 Å². The minimum atomic E-state index is -1.22. The molecule has 0 aromatic carbocycles. The first-order chi connectivity index (χ1) is 8.58. The summed E-state index contributed by atoms with van der Waals surface area (Å²) in [5.74, 6) is -1.68. The average Bonchev–Trinajstić information content (AvgIpc) is 2.20. The molecule has 8 heteroatoms. The van der Waals surface area contributed by atoms with Gasteiger partial charge in [0.15, 0.2) is 0 Å². The van der Waals surface area contributed by atoms with Gasteiger partial charge in [-0.3, -0.25) is 9.69 Å². The number of aliphatic carboxylic acids is 1. The van der Waals surface area contributed by atoms with Crippen LogP contribution in [-0.4, -0.2) is 52.0 Å². The van der Waals surface area contributed by atoms with Gasteiger partial charge in [0.2, 0.25) is 5.91 Å². The highest BCUT2D eigenvalue weighted by Gasteiger charge is 2.32. The van der Waals surface area contributed by atoms with E-state index in [1.807, 2.05) is 0 Å². The first kappa shape index (κ1) is 17.6. The summed E-state index contributed by atoms with van der Waals surface area (Å²) in [7, 11) is 0. The van der Waals surface area contributed by atoms with Crippen molar-refractivity contribution in [2.45, 2.75) is 39.3 Å². The van der Waals surface area contributed by atoms with Gasteiger partial charge in [-0.1, -0.05) is 0 Å². The Kier molecular flexibility index (Phi) is 6.68. The number of hydrogen-bond donors (Lipinski definition) is 3. The molecule has 0 spiro atoms. The normalized spacial score (nSPS) is 12.5. The first-order valence-corrected chi connectivity index (χ1v) is 6.29. The van der Waals surface area contributed by atoms with E-state index in [2.05, 4.69) is 17.9 Å². The molecule has 0 aromatic heterocycles. The quantitative estimate of drug-likeness (QED) is 0.512. The van der Waals surface area contributed by atoms with Gasteiger partial charge in [0.05, 0.1) is 6.67 Å². The van der Waals surface area contributed by atoms with Crippen molar-refractivity contribution < 1.29 is 24.2 Å². The fourth-order valence-corrected chi connectivity index (χ4v) is 1.48. The Balaban J connectivity index is 4.98. The van der Waals surface area contributed by atoms with Crippen molar-refractivity contribution in [3.8, 4) is 0 Å². The van der Waals surface area contributed by atoms with E-state index < -0.39 is 23.7 Å². The van der Waals surface area contributed by atoms with Crippen LogP contribution in [0.1, 0.15) is 27.7 Å². The highest BCUT2D eigenvalue weighted by atomic mass is 32.1. The van der Waals surface area contributed by atoms with Crippen molar-refractivity contribution >= 4 is 30.6 Å². The van der Waals surface area contributed by atoms with E-state index in [-0.39, 0.29) is 18.3 Å². The van der Waals surface area contributed by atoms with Crippen LogP contribution in [-0.2, 0) is 14.3 Å². The van der Waals surface area contributed by atoms with Crippen molar-refractivity contribution in [3.05, 3.63) is 0 Å². The zero-order valence-electron chi connectivity index (χ0n) is 11.5. The van der Waals surface area contributed by atoms with Crippen LogP contribution >= 0.6 is 12.6 Å². The summed E-state index contributed by atoms with van der Waals surface area (Å²) in [4.78, 5) is 34.8. The van der Waals surface area contributed by atoms with E-state index in [1.165, 1.54) is 6.92 Å². The first-order valence-electron chi connectivity index (χ1n) is 5.66. The topological polar surface area (TPSA) is 95.9 Å². The van der Waals surface area contributed by atoms with Crippen LogP contribution in [0, 0.1) is 0 Å². The Morgan fingerprint density at radius 2 is 1.89 bits per heavy atom. The number of thiol groups is 1. The van der Waals surface area contributed by atoms with Crippen LogP contribution in [0.4, 0.5) is 4.79 Å². The third-order valence-electron chi connectivity index (χ3n) is 1.96. The average molecular weight is 292 g/mol. The number of ether oxygens (including phenoxy) is 1. The number of carbonyl (C=O) groups is 3. The summed E-state index contributed by atoms with van der Waals surface area (Å²) >= 11 is 3.90. The van der Waals surface area contributed by atoms with Crippen LogP contribution in [0.5, 0.6) is 0 Å². The Hall–Kier alpha value is -1.44. The molecule has 0 aromatic rings. The van der Waals surface area contributed by atoms with Gasteiger partial charge in [0.1, 0.15) is 11.6 Å². The molecule has 0 saturated carbocycles. The van der Waals surface area contributed by atoms with Crippen LogP contribution in [0.2, 0.25) is 0 Å². The lowest BCUT2D eigenvalue weighted by atomic mass is 10.2. The molecule has 19 heavy (non-hydrogen) atoms. The molecule has 0 radical (unpaired) electrons. The van der Waals surface area contributed by atoms with Crippen molar-refractivity contribution in [1.82, 2.24) is 10.2 Å². The highest BCUT2D eigenvalue weighted by molar-refractivity contribution is 7.80. The SMILES string of the molecule is CC(=O)NCN(C(=O)OC(C)(C)C)[C@H](CS)C(=O)O. The Bertz CT molecular complexity index is 353. The fourth-order valence-electron chi connectivity index (χ4n) is 1.13. The van der Waals surface area contributed by atoms with Gasteiger partial charge in [0.25, 0.3) is 0 Å². The molecule has 110 valence electrons. The Morgan fingerprint density at radius 1 is 1.37 bits per heavy atom.